The highest BCUT2D eigenvalue weighted by atomic mass is 19.1. The van der Waals surface area contributed by atoms with Crippen LogP contribution in [0.25, 0.3) is 0 Å². The number of nitrogens with one attached hydrogen (secondary N) is 1. The fourth-order valence-corrected chi connectivity index (χ4v) is 3.37. The second-order valence-electron chi connectivity index (χ2n) is 6.92. The number of carbonyl (C=O) groups is 1. The summed E-state index contributed by atoms with van der Waals surface area (Å²) >= 11 is 0. The quantitative estimate of drug-likeness (QED) is 0.891. The van der Waals surface area contributed by atoms with Crippen LogP contribution in [-0.2, 0) is 11.2 Å². The van der Waals surface area contributed by atoms with E-state index in [2.05, 4.69) is 34.5 Å². The molecule has 0 unspecified atom stereocenters. The number of hydrogen-bond donors (Lipinski definition) is 1. The van der Waals surface area contributed by atoms with Crippen molar-refractivity contribution in [1.82, 2.24) is 4.90 Å². The molecule has 4 heteroatoms. The Morgan fingerprint density at radius 1 is 1.16 bits per heavy atom. The summed E-state index contributed by atoms with van der Waals surface area (Å²) in [6, 6.07) is 15.4. The molecule has 1 aliphatic heterocycles. The first-order chi connectivity index (χ1) is 12.1. The van der Waals surface area contributed by atoms with E-state index in [9.17, 15) is 9.18 Å². The van der Waals surface area contributed by atoms with Gasteiger partial charge in [-0.15, -0.1) is 0 Å². The van der Waals surface area contributed by atoms with Crippen LogP contribution in [0.15, 0.2) is 48.5 Å². The maximum absolute atomic E-state index is 13.5. The SMILES string of the molecule is Cc1ccc(NC(=O)CN2CCC(Cc3ccccc3)CC2)cc1F. The van der Waals surface area contributed by atoms with Crippen LogP contribution in [0.2, 0.25) is 0 Å². The molecule has 1 saturated heterocycles. The summed E-state index contributed by atoms with van der Waals surface area (Å²) in [5.74, 6) is 0.317. The second kappa shape index (κ2) is 8.26. The molecule has 1 amide bonds. The molecule has 2 aromatic carbocycles. The average Bonchev–Trinajstić information content (AvgIpc) is 2.61. The molecule has 0 atom stereocenters. The van der Waals surface area contributed by atoms with Crippen LogP contribution in [0, 0.1) is 18.7 Å². The smallest absolute Gasteiger partial charge is 0.238 e. The van der Waals surface area contributed by atoms with Crippen molar-refractivity contribution >= 4 is 11.6 Å². The number of amides is 1. The van der Waals surface area contributed by atoms with E-state index in [1.54, 1.807) is 19.1 Å². The fraction of sp³-hybridized carbons (Fsp3) is 0.381. The summed E-state index contributed by atoms with van der Waals surface area (Å²) in [7, 11) is 0. The Morgan fingerprint density at radius 3 is 2.56 bits per heavy atom. The van der Waals surface area contributed by atoms with E-state index in [1.165, 1.54) is 11.6 Å². The average molecular weight is 340 g/mol. The Balaban J connectivity index is 1.43. The van der Waals surface area contributed by atoms with Gasteiger partial charge in [0.05, 0.1) is 6.54 Å². The van der Waals surface area contributed by atoms with Crippen LogP contribution in [0.3, 0.4) is 0 Å². The number of likely N-dealkylation sites (tertiary alicyclic amines) is 1. The molecule has 25 heavy (non-hydrogen) atoms. The molecule has 1 aliphatic rings. The molecule has 132 valence electrons. The van der Waals surface area contributed by atoms with E-state index in [0.29, 0.717) is 23.7 Å². The molecule has 0 aromatic heterocycles. The van der Waals surface area contributed by atoms with Gasteiger partial charge in [0.2, 0.25) is 5.91 Å². The summed E-state index contributed by atoms with van der Waals surface area (Å²) in [4.78, 5) is 14.4. The molecule has 0 spiro atoms. The molecule has 3 nitrogen and oxygen atoms in total. The van der Waals surface area contributed by atoms with E-state index in [1.807, 2.05) is 6.07 Å². The first-order valence-electron chi connectivity index (χ1n) is 8.92. The van der Waals surface area contributed by atoms with E-state index in [-0.39, 0.29) is 11.7 Å². The van der Waals surface area contributed by atoms with E-state index in [0.717, 1.165) is 32.4 Å². The lowest BCUT2D eigenvalue weighted by Crippen LogP contribution is -2.39. The van der Waals surface area contributed by atoms with Gasteiger partial charge in [0.1, 0.15) is 5.82 Å². The van der Waals surface area contributed by atoms with Crippen molar-refractivity contribution in [3.63, 3.8) is 0 Å². The molecule has 0 radical (unpaired) electrons. The van der Waals surface area contributed by atoms with Crippen molar-refractivity contribution < 1.29 is 9.18 Å². The van der Waals surface area contributed by atoms with Crippen LogP contribution >= 0.6 is 0 Å². The summed E-state index contributed by atoms with van der Waals surface area (Å²) in [6.45, 7) is 3.95. The van der Waals surface area contributed by atoms with Crippen LogP contribution in [0.4, 0.5) is 10.1 Å². The zero-order valence-corrected chi connectivity index (χ0v) is 14.7. The highest BCUT2D eigenvalue weighted by molar-refractivity contribution is 5.92. The van der Waals surface area contributed by atoms with Crippen molar-refractivity contribution in [2.24, 2.45) is 5.92 Å². The maximum atomic E-state index is 13.5. The lowest BCUT2D eigenvalue weighted by molar-refractivity contribution is -0.117. The molecular formula is C21H25FN2O. The molecule has 1 fully saturated rings. The van der Waals surface area contributed by atoms with Crippen molar-refractivity contribution in [2.75, 3.05) is 25.0 Å². The number of benzene rings is 2. The minimum absolute atomic E-state index is 0.0789. The van der Waals surface area contributed by atoms with Crippen molar-refractivity contribution in [3.05, 3.63) is 65.5 Å². The van der Waals surface area contributed by atoms with Crippen LogP contribution < -0.4 is 5.32 Å². The first-order valence-corrected chi connectivity index (χ1v) is 8.92. The molecule has 3 rings (SSSR count). The van der Waals surface area contributed by atoms with E-state index >= 15 is 0 Å². The highest BCUT2D eigenvalue weighted by Gasteiger charge is 2.21. The van der Waals surface area contributed by atoms with Gasteiger partial charge in [-0.1, -0.05) is 36.4 Å². The van der Waals surface area contributed by atoms with Gasteiger partial charge < -0.3 is 5.32 Å². The number of aryl methyl sites for hydroxylation is 1. The molecule has 1 heterocycles. The van der Waals surface area contributed by atoms with E-state index < -0.39 is 0 Å². The Morgan fingerprint density at radius 2 is 1.88 bits per heavy atom. The molecule has 1 N–H and O–H groups in total. The van der Waals surface area contributed by atoms with Gasteiger partial charge in [-0.05, 0) is 68.5 Å². The predicted octanol–water partition coefficient (Wildman–Crippen LogP) is 4.03. The normalized spacial score (nSPS) is 15.9. The van der Waals surface area contributed by atoms with Crippen LogP contribution in [0.1, 0.15) is 24.0 Å². The monoisotopic (exact) mass is 340 g/mol. The minimum Gasteiger partial charge on any atom is -0.325 e. The third kappa shape index (κ3) is 5.13. The lowest BCUT2D eigenvalue weighted by atomic mass is 9.90. The number of anilines is 1. The number of nitrogens with zero attached hydrogens (tertiary/aromatic N) is 1. The van der Waals surface area contributed by atoms with Gasteiger partial charge in [0.15, 0.2) is 0 Å². The van der Waals surface area contributed by atoms with Crippen LogP contribution in [-0.4, -0.2) is 30.4 Å². The van der Waals surface area contributed by atoms with E-state index in [4.69, 9.17) is 0 Å². The summed E-state index contributed by atoms with van der Waals surface area (Å²) in [5.41, 5.74) is 2.49. The Hall–Kier alpha value is -2.20. The Labute approximate surface area is 148 Å². The zero-order chi connectivity index (χ0) is 17.6. The molecule has 0 saturated carbocycles. The number of hydrogen-bond acceptors (Lipinski definition) is 2. The maximum Gasteiger partial charge on any atom is 0.238 e. The number of piperidine rings is 1. The summed E-state index contributed by atoms with van der Waals surface area (Å²) in [6.07, 6.45) is 3.34. The van der Waals surface area contributed by atoms with Gasteiger partial charge in [-0.3, -0.25) is 9.69 Å². The second-order valence-corrected chi connectivity index (χ2v) is 6.92. The van der Waals surface area contributed by atoms with Crippen LogP contribution in [0.5, 0.6) is 0 Å². The van der Waals surface area contributed by atoms with Crippen molar-refractivity contribution in [3.8, 4) is 0 Å². The fourth-order valence-electron chi connectivity index (χ4n) is 3.37. The van der Waals surface area contributed by atoms with Gasteiger partial charge in [0.25, 0.3) is 0 Å². The molecule has 0 aliphatic carbocycles. The predicted molar refractivity (Wildman–Crippen MR) is 99.1 cm³/mol. The van der Waals surface area contributed by atoms with Gasteiger partial charge >= 0.3 is 0 Å². The largest absolute Gasteiger partial charge is 0.325 e. The third-order valence-corrected chi connectivity index (χ3v) is 4.90. The molecular weight excluding hydrogens is 315 g/mol. The molecule has 0 bridgehead atoms. The zero-order valence-electron chi connectivity index (χ0n) is 14.7. The van der Waals surface area contributed by atoms with Gasteiger partial charge in [-0.25, -0.2) is 4.39 Å². The Kier molecular flexibility index (Phi) is 5.82. The number of halogens is 1. The minimum atomic E-state index is -0.292. The first kappa shape index (κ1) is 17.6. The number of rotatable bonds is 5. The highest BCUT2D eigenvalue weighted by Crippen LogP contribution is 2.21. The van der Waals surface area contributed by atoms with Gasteiger partial charge in [-0.2, -0.15) is 0 Å². The Bertz CT molecular complexity index is 709. The summed E-state index contributed by atoms with van der Waals surface area (Å²) in [5, 5.41) is 2.79. The topological polar surface area (TPSA) is 32.3 Å². The van der Waals surface area contributed by atoms with Gasteiger partial charge in [0, 0.05) is 5.69 Å². The third-order valence-electron chi connectivity index (χ3n) is 4.90. The summed E-state index contributed by atoms with van der Waals surface area (Å²) < 4.78 is 13.5. The van der Waals surface area contributed by atoms with Crippen molar-refractivity contribution in [1.29, 1.82) is 0 Å². The standard InChI is InChI=1S/C21H25FN2O/c1-16-7-8-19(14-20(16)22)23-21(25)15-24-11-9-18(10-12-24)13-17-5-3-2-4-6-17/h2-8,14,18H,9-13,15H2,1H3,(H,23,25). The lowest BCUT2D eigenvalue weighted by Gasteiger charge is -2.31. The number of carbonyl (C=O) groups excluding carboxylic acids is 1. The molecule has 2 aromatic rings. The van der Waals surface area contributed by atoms with Crippen molar-refractivity contribution in [2.45, 2.75) is 26.2 Å².